The highest BCUT2D eigenvalue weighted by Gasteiger charge is 2.07. The maximum absolute atomic E-state index is 12.2. The van der Waals surface area contributed by atoms with Crippen molar-refractivity contribution in [2.75, 3.05) is 18.5 Å². The molecule has 144 valence electrons. The fraction of sp³-hybridized carbons (Fsp3) is 0.190. The van der Waals surface area contributed by atoms with Crippen molar-refractivity contribution in [3.8, 4) is 23.8 Å². The van der Waals surface area contributed by atoms with Crippen LogP contribution in [0.15, 0.2) is 47.6 Å². The second kappa shape index (κ2) is 10.4. The number of nitrogens with one attached hydrogen (secondary N) is 2. The third-order valence-electron chi connectivity index (χ3n) is 3.40. The third-order valence-corrected chi connectivity index (χ3v) is 3.40. The average Bonchev–Trinajstić information content (AvgIpc) is 2.67. The lowest BCUT2D eigenvalue weighted by molar-refractivity contribution is -0.114. The van der Waals surface area contributed by atoms with Gasteiger partial charge in [-0.15, -0.1) is 6.42 Å². The molecule has 7 nitrogen and oxygen atoms in total. The lowest BCUT2D eigenvalue weighted by Gasteiger charge is -2.10. The van der Waals surface area contributed by atoms with Crippen molar-refractivity contribution in [3.63, 3.8) is 0 Å². The van der Waals surface area contributed by atoms with Crippen molar-refractivity contribution < 1.29 is 19.1 Å². The van der Waals surface area contributed by atoms with Crippen molar-refractivity contribution >= 4 is 23.7 Å². The number of hydrogen-bond donors (Lipinski definition) is 2. The van der Waals surface area contributed by atoms with Crippen LogP contribution < -0.4 is 20.2 Å². The molecule has 2 aromatic rings. The van der Waals surface area contributed by atoms with Gasteiger partial charge in [0.2, 0.25) is 5.91 Å². The van der Waals surface area contributed by atoms with Crippen LogP contribution in [-0.4, -0.2) is 31.2 Å². The topological polar surface area (TPSA) is 89.0 Å². The van der Waals surface area contributed by atoms with Crippen molar-refractivity contribution in [1.82, 2.24) is 5.43 Å². The van der Waals surface area contributed by atoms with Crippen molar-refractivity contribution in [1.29, 1.82) is 0 Å². The number of benzene rings is 2. The second-order valence-electron chi connectivity index (χ2n) is 5.59. The Labute approximate surface area is 163 Å². The number of ether oxygens (including phenoxy) is 2. The summed E-state index contributed by atoms with van der Waals surface area (Å²) in [7, 11) is 0. The fourth-order valence-corrected chi connectivity index (χ4v) is 2.28. The van der Waals surface area contributed by atoms with Gasteiger partial charge < -0.3 is 14.8 Å². The van der Waals surface area contributed by atoms with Crippen LogP contribution in [0.4, 0.5) is 5.69 Å². The standard InChI is InChI=1S/C21H21N3O4/c1-4-11-28-19-10-9-16(12-20(19)27-5-2)14-22-24-21(26)17-7-6-8-18(13-17)23-15(3)25/h1,6-10,12-14H,5,11H2,2-3H3,(H,23,25)(H,24,26). The number of hydrogen-bond acceptors (Lipinski definition) is 5. The molecule has 2 rings (SSSR count). The summed E-state index contributed by atoms with van der Waals surface area (Å²) in [5.74, 6) is 2.86. The van der Waals surface area contributed by atoms with Crippen LogP contribution in [-0.2, 0) is 4.79 Å². The van der Waals surface area contributed by atoms with Crippen LogP contribution in [0.3, 0.4) is 0 Å². The summed E-state index contributed by atoms with van der Waals surface area (Å²) < 4.78 is 11.0. The van der Waals surface area contributed by atoms with E-state index in [0.717, 1.165) is 0 Å². The van der Waals surface area contributed by atoms with E-state index in [1.807, 2.05) is 6.92 Å². The molecule has 0 aliphatic heterocycles. The number of hydrazone groups is 1. The van der Waals surface area contributed by atoms with Gasteiger partial charge in [0.15, 0.2) is 11.5 Å². The largest absolute Gasteiger partial charge is 0.490 e. The van der Waals surface area contributed by atoms with Crippen LogP contribution >= 0.6 is 0 Å². The lowest BCUT2D eigenvalue weighted by atomic mass is 10.2. The number of rotatable bonds is 8. The maximum atomic E-state index is 12.2. The van der Waals surface area contributed by atoms with Crippen molar-refractivity contribution in [2.24, 2.45) is 5.10 Å². The Balaban J connectivity index is 2.05. The van der Waals surface area contributed by atoms with Gasteiger partial charge in [-0.2, -0.15) is 5.10 Å². The Hall–Kier alpha value is -3.79. The molecule has 7 heteroatoms. The minimum absolute atomic E-state index is 0.140. The van der Waals surface area contributed by atoms with Gasteiger partial charge in [0.05, 0.1) is 12.8 Å². The highest BCUT2D eigenvalue weighted by Crippen LogP contribution is 2.27. The number of anilines is 1. The molecular weight excluding hydrogens is 358 g/mol. The van der Waals surface area contributed by atoms with Crippen molar-refractivity contribution in [2.45, 2.75) is 13.8 Å². The van der Waals surface area contributed by atoms with Gasteiger partial charge in [-0.1, -0.05) is 12.0 Å². The lowest BCUT2D eigenvalue weighted by Crippen LogP contribution is -2.18. The quantitative estimate of drug-likeness (QED) is 0.419. The maximum Gasteiger partial charge on any atom is 0.271 e. The van der Waals surface area contributed by atoms with E-state index in [-0.39, 0.29) is 12.5 Å². The smallest absolute Gasteiger partial charge is 0.271 e. The van der Waals surface area contributed by atoms with Crippen LogP contribution in [0.2, 0.25) is 0 Å². The summed E-state index contributed by atoms with van der Waals surface area (Å²) in [6.07, 6.45) is 6.70. The van der Waals surface area contributed by atoms with Crippen LogP contribution in [0.25, 0.3) is 0 Å². The van der Waals surface area contributed by atoms with Gasteiger partial charge in [0.1, 0.15) is 6.61 Å². The molecule has 0 radical (unpaired) electrons. The van der Waals surface area contributed by atoms with Gasteiger partial charge in [-0.3, -0.25) is 9.59 Å². The van der Waals surface area contributed by atoms with E-state index < -0.39 is 5.91 Å². The highest BCUT2D eigenvalue weighted by molar-refractivity contribution is 5.97. The Morgan fingerprint density at radius 2 is 2.00 bits per heavy atom. The fourth-order valence-electron chi connectivity index (χ4n) is 2.28. The zero-order valence-electron chi connectivity index (χ0n) is 15.7. The molecule has 0 unspecified atom stereocenters. The van der Waals surface area contributed by atoms with Crippen LogP contribution in [0.5, 0.6) is 11.5 Å². The zero-order valence-corrected chi connectivity index (χ0v) is 15.7. The third kappa shape index (κ3) is 6.18. The van der Waals surface area contributed by atoms with Crippen LogP contribution in [0.1, 0.15) is 29.8 Å². The molecule has 0 aromatic heterocycles. The number of terminal acetylenes is 1. The molecule has 0 saturated heterocycles. The first kappa shape index (κ1) is 20.5. The molecule has 0 spiro atoms. The van der Waals surface area contributed by atoms with Crippen molar-refractivity contribution in [3.05, 3.63) is 53.6 Å². The summed E-state index contributed by atoms with van der Waals surface area (Å²) in [6, 6.07) is 11.8. The average molecular weight is 379 g/mol. The van der Waals surface area contributed by atoms with E-state index in [2.05, 4.69) is 21.8 Å². The molecule has 0 aliphatic rings. The molecule has 0 heterocycles. The first-order chi connectivity index (χ1) is 13.5. The van der Waals surface area contributed by atoms with E-state index >= 15 is 0 Å². The molecule has 2 aromatic carbocycles. The molecule has 0 atom stereocenters. The predicted molar refractivity (Wildman–Crippen MR) is 108 cm³/mol. The van der Waals surface area contributed by atoms with Gasteiger partial charge in [0.25, 0.3) is 5.91 Å². The number of carbonyl (C=O) groups excluding carboxylic acids is 2. The van der Waals surface area contributed by atoms with Gasteiger partial charge in [-0.25, -0.2) is 5.43 Å². The molecule has 0 fully saturated rings. The summed E-state index contributed by atoms with van der Waals surface area (Å²) in [5, 5.41) is 6.59. The predicted octanol–water partition coefficient (Wildman–Crippen LogP) is 2.82. The first-order valence-electron chi connectivity index (χ1n) is 8.57. The minimum atomic E-state index is -0.401. The van der Waals surface area contributed by atoms with E-state index in [1.54, 1.807) is 42.5 Å². The van der Waals surface area contributed by atoms with Crippen LogP contribution in [0, 0.1) is 12.3 Å². The Morgan fingerprint density at radius 1 is 1.18 bits per heavy atom. The Kier molecular flexibility index (Phi) is 7.61. The highest BCUT2D eigenvalue weighted by atomic mass is 16.5. The SMILES string of the molecule is C#CCOc1ccc(C=NNC(=O)c2cccc(NC(C)=O)c2)cc1OCC. The van der Waals surface area contributed by atoms with E-state index in [4.69, 9.17) is 15.9 Å². The van der Waals surface area contributed by atoms with Gasteiger partial charge >= 0.3 is 0 Å². The molecule has 28 heavy (non-hydrogen) atoms. The molecule has 0 bridgehead atoms. The second-order valence-corrected chi connectivity index (χ2v) is 5.59. The summed E-state index contributed by atoms with van der Waals surface area (Å²) >= 11 is 0. The summed E-state index contributed by atoms with van der Waals surface area (Å²) in [6.45, 7) is 3.87. The normalized spacial score (nSPS) is 10.2. The molecule has 0 saturated carbocycles. The molecule has 2 amide bonds. The summed E-state index contributed by atoms with van der Waals surface area (Å²) in [4.78, 5) is 23.3. The van der Waals surface area contributed by atoms with E-state index in [1.165, 1.54) is 13.1 Å². The molecular formula is C21H21N3O4. The Morgan fingerprint density at radius 3 is 2.71 bits per heavy atom. The molecule has 2 N–H and O–H groups in total. The van der Waals surface area contributed by atoms with Gasteiger partial charge in [0, 0.05) is 18.2 Å². The molecule has 0 aliphatic carbocycles. The monoisotopic (exact) mass is 379 g/mol. The Bertz CT molecular complexity index is 916. The first-order valence-corrected chi connectivity index (χ1v) is 8.57. The van der Waals surface area contributed by atoms with Gasteiger partial charge in [-0.05, 0) is 48.9 Å². The van der Waals surface area contributed by atoms with E-state index in [0.29, 0.717) is 34.9 Å². The zero-order chi connectivity index (χ0) is 20.4. The summed E-state index contributed by atoms with van der Waals surface area (Å²) in [5.41, 5.74) is 4.07. The number of nitrogens with zero attached hydrogens (tertiary/aromatic N) is 1. The minimum Gasteiger partial charge on any atom is -0.490 e. The van der Waals surface area contributed by atoms with E-state index in [9.17, 15) is 9.59 Å². The number of amides is 2. The number of carbonyl (C=O) groups is 2.